The van der Waals surface area contributed by atoms with Crippen LogP contribution < -0.4 is 10.6 Å². The molecule has 1 amide bonds. The number of ether oxygens (including phenoxy) is 2. The lowest BCUT2D eigenvalue weighted by atomic mass is 10.2. The van der Waals surface area contributed by atoms with E-state index in [0.29, 0.717) is 19.3 Å². The van der Waals surface area contributed by atoms with Crippen molar-refractivity contribution in [3.8, 4) is 0 Å². The molecule has 0 bridgehead atoms. The molecule has 9 heteroatoms. The highest BCUT2D eigenvalue weighted by atomic mass is 16.7. The lowest BCUT2D eigenvalue weighted by Crippen LogP contribution is -2.46. The van der Waals surface area contributed by atoms with Crippen LogP contribution in [-0.2, 0) is 14.3 Å². The minimum Gasteiger partial charge on any atom is -0.381 e. The van der Waals surface area contributed by atoms with E-state index < -0.39 is 5.91 Å². The number of amides is 1. The van der Waals surface area contributed by atoms with E-state index in [2.05, 4.69) is 14.9 Å². The normalized spacial score (nSPS) is 19.0. The van der Waals surface area contributed by atoms with Gasteiger partial charge in [-0.15, -0.1) is 0 Å². The van der Waals surface area contributed by atoms with Gasteiger partial charge in [-0.05, 0) is 25.0 Å². The molecule has 0 aromatic carbocycles. The van der Waals surface area contributed by atoms with Gasteiger partial charge in [0.1, 0.15) is 5.69 Å². The predicted molar refractivity (Wildman–Crippen MR) is 108 cm³/mol. The molecule has 0 spiro atoms. The number of fused-ring (bicyclic) bond motifs is 1. The van der Waals surface area contributed by atoms with E-state index >= 15 is 0 Å². The van der Waals surface area contributed by atoms with Gasteiger partial charge in [0.15, 0.2) is 0 Å². The van der Waals surface area contributed by atoms with Crippen LogP contribution in [0.4, 0.5) is 5.69 Å². The van der Waals surface area contributed by atoms with Crippen molar-refractivity contribution in [3.63, 3.8) is 0 Å². The maximum atomic E-state index is 11.5. The standard InChI is InChI=1S/C20H27N5O4/c21-20(26)17-2-1-15-13-22-14-18(19(15)23-17)24-5-7-25(8-6-24)29-12-11-28-16-3-9-27-10-4-16/h1-2,13-14,16H,3-12H2,(H2,21,26). The van der Waals surface area contributed by atoms with Crippen molar-refractivity contribution < 1.29 is 19.1 Å². The van der Waals surface area contributed by atoms with Crippen molar-refractivity contribution in [2.24, 2.45) is 5.73 Å². The van der Waals surface area contributed by atoms with Gasteiger partial charge < -0.3 is 20.1 Å². The summed E-state index contributed by atoms with van der Waals surface area (Å²) in [5.41, 5.74) is 7.30. The van der Waals surface area contributed by atoms with Crippen LogP contribution in [0, 0.1) is 0 Å². The number of aromatic nitrogens is 2. The Morgan fingerprint density at radius 1 is 1.14 bits per heavy atom. The first kappa shape index (κ1) is 20.0. The molecule has 2 aliphatic heterocycles. The Balaban J connectivity index is 1.29. The topological polar surface area (TPSA) is 103 Å². The van der Waals surface area contributed by atoms with Crippen molar-refractivity contribution in [1.29, 1.82) is 0 Å². The summed E-state index contributed by atoms with van der Waals surface area (Å²) < 4.78 is 11.2. The molecule has 2 N–H and O–H groups in total. The highest BCUT2D eigenvalue weighted by Gasteiger charge is 2.21. The number of rotatable bonds is 7. The number of carbonyl (C=O) groups excluding carboxylic acids is 1. The molecule has 29 heavy (non-hydrogen) atoms. The highest BCUT2D eigenvalue weighted by Crippen LogP contribution is 2.25. The Morgan fingerprint density at radius 3 is 2.69 bits per heavy atom. The molecule has 2 aromatic rings. The van der Waals surface area contributed by atoms with Crippen molar-refractivity contribution in [2.75, 3.05) is 57.5 Å². The molecule has 4 rings (SSSR count). The number of hydrogen-bond acceptors (Lipinski definition) is 8. The minimum absolute atomic E-state index is 0.261. The first-order valence-electron chi connectivity index (χ1n) is 10.1. The molecule has 2 aliphatic rings. The zero-order chi connectivity index (χ0) is 20.1. The Labute approximate surface area is 169 Å². The van der Waals surface area contributed by atoms with Gasteiger partial charge in [-0.25, -0.2) is 4.98 Å². The quantitative estimate of drug-likeness (QED) is 0.685. The Hall–Kier alpha value is -2.33. The summed E-state index contributed by atoms with van der Waals surface area (Å²) in [6, 6.07) is 3.46. The summed E-state index contributed by atoms with van der Waals surface area (Å²) in [4.78, 5) is 28.3. The number of piperazine rings is 1. The monoisotopic (exact) mass is 401 g/mol. The van der Waals surface area contributed by atoms with Crippen LogP contribution in [0.15, 0.2) is 24.5 Å². The van der Waals surface area contributed by atoms with Gasteiger partial charge >= 0.3 is 0 Å². The van der Waals surface area contributed by atoms with Crippen LogP contribution in [0.2, 0.25) is 0 Å². The molecular formula is C20H27N5O4. The third-order valence-corrected chi connectivity index (χ3v) is 5.29. The second-order valence-corrected chi connectivity index (χ2v) is 7.22. The van der Waals surface area contributed by atoms with Crippen molar-refractivity contribution in [2.45, 2.75) is 18.9 Å². The van der Waals surface area contributed by atoms with Crippen LogP contribution >= 0.6 is 0 Å². The first-order valence-corrected chi connectivity index (χ1v) is 10.1. The zero-order valence-electron chi connectivity index (χ0n) is 16.5. The van der Waals surface area contributed by atoms with Crippen molar-refractivity contribution in [3.05, 3.63) is 30.2 Å². The Bertz CT molecular complexity index is 835. The molecule has 2 aromatic heterocycles. The van der Waals surface area contributed by atoms with E-state index in [9.17, 15) is 4.79 Å². The van der Waals surface area contributed by atoms with Crippen LogP contribution in [0.5, 0.6) is 0 Å². The van der Waals surface area contributed by atoms with Crippen LogP contribution in [0.3, 0.4) is 0 Å². The predicted octanol–water partition coefficient (Wildman–Crippen LogP) is 0.978. The van der Waals surface area contributed by atoms with Crippen molar-refractivity contribution in [1.82, 2.24) is 15.0 Å². The summed E-state index contributed by atoms with van der Waals surface area (Å²) in [5, 5.41) is 2.86. The second kappa shape index (κ2) is 9.45. The van der Waals surface area contributed by atoms with Gasteiger partial charge in [0.25, 0.3) is 5.91 Å². The lowest BCUT2D eigenvalue weighted by molar-refractivity contribution is -0.177. The zero-order valence-corrected chi connectivity index (χ0v) is 16.5. The van der Waals surface area contributed by atoms with E-state index in [4.69, 9.17) is 20.0 Å². The van der Waals surface area contributed by atoms with Crippen LogP contribution in [0.1, 0.15) is 23.3 Å². The fourth-order valence-corrected chi connectivity index (χ4v) is 3.68. The van der Waals surface area contributed by atoms with E-state index in [0.717, 1.165) is 68.8 Å². The molecule has 9 nitrogen and oxygen atoms in total. The largest absolute Gasteiger partial charge is 0.381 e. The third kappa shape index (κ3) is 4.99. The maximum Gasteiger partial charge on any atom is 0.267 e. The molecule has 0 unspecified atom stereocenters. The summed E-state index contributed by atoms with van der Waals surface area (Å²) in [6.45, 7) is 5.81. The molecule has 2 fully saturated rings. The fraction of sp³-hybridized carbons (Fsp3) is 0.550. The van der Waals surface area contributed by atoms with Gasteiger partial charge in [-0.3, -0.25) is 14.6 Å². The highest BCUT2D eigenvalue weighted by molar-refractivity contribution is 5.96. The summed E-state index contributed by atoms with van der Waals surface area (Å²) in [5.74, 6) is -0.532. The number of carbonyl (C=O) groups is 1. The minimum atomic E-state index is -0.532. The van der Waals surface area contributed by atoms with E-state index in [-0.39, 0.29) is 5.69 Å². The number of nitrogens with zero attached hydrogens (tertiary/aromatic N) is 4. The van der Waals surface area contributed by atoms with Gasteiger partial charge in [0, 0.05) is 51.0 Å². The summed E-state index contributed by atoms with van der Waals surface area (Å²) >= 11 is 0. The first-order chi connectivity index (χ1) is 14.2. The van der Waals surface area contributed by atoms with Gasteiger partial charge in [-0.1, -0.05) is 0 Å². The molecule has 0 saturated carbocycles. The van der Waals surface area contributed by atoms with E-state index in [1.54, 1.807) is 18.5 Å². The number of hydroxylamine groups is 2. The number of anilines is 1. The lowest BCUT2D eigenvalue weighted by Gasteiger charge is -2.35. The molecule has 0 atom stereocenters. The third-order valence-electron chi connectivity index (χ3n) is 5.29. The van der Waals surface area contributed by atoms with Crippen LogP contribution in [-0.4, -0.2) is 79.6 Å². The second-order valence-electron chi connectivity index (χ2n) is 7.22. The molecule has 156 valence electrons. The molecule has 0 aliphatic carbocycles. The molecule has 4 heterocycles. The number of pyridine rings is 2. The Kier molecular flexibility index (Phi) is 6.50. The molecular weight excluding hydrogens is 374 g/mol. The average Bonchev–Trinajstić information content (AvgIpc) is 2.77. The van der Waals surface area contributed by atoms with E-state index in [1.165, 1.54) is 0 Å². The van der Waals surface area contributed by atoms with E-state index in [1.807, 2.05) is 11.1 Å². The Morgan fingerprint density at radius 2 is 1.93 bits per heavy atom. The van der Waals surface area contributed by atoms with Gasteiger partial charge in [0.05, 0.1) is 36.7 Å². The molecule has 2 saturated heterocycles. The van der Waals surface area contributed by atoms with Gasteiger partial charge in [-0.2, -0.15) is 5.06 Å². The number of primary amides is 1. The molecule has 0 radical (unpaired) electrons. The summed E-state index contributed by atoms with van der Waals surface area (Å²) in [7, 11) is 0. The van der Waals surface area contributed by atoms with Crippen molar-refractivity contribution >= 4 is 22.5 Å². The van der Waals surface area contributed by atoms with Crippen LogP contribution in [0.25, 0.3) is 10.9 Å². The number of hydrogen-bond donors (Lipinski definition) is 1. The fourth-order valence-electron chi connectivity index (χ4n) is 3.68. The average molecular weight is 401 g/mol. The SMILES string of the molecule is NC(=O)c1ccc2cncc(N3CCN(OCCOC4CCOCC4)CC3)c2n1. The summed E-state index contributed by atoms with van der Waals surface area (Å²) in [6.07, 6.45) is 5.75. The number of nitrogens with two attached hydrogens (primary N) is 1. The van der Waals surface area contributed by atoms with Gasteiger partial charge in [0.2, 0.25) is 0 Å². The maximum absolute atomic E-state index is 11.5. The smallest absolute Gasteiger partial charge is 0.267 e.